The summed E-state index contributed by atoms with van der Waals surface area (Å²) >= 11 is 0. The molecule has 5 heteroatoms. The molecule has 0 spiro atoms. The van der Waals surface area contributed by atoms with Gasteiger partial charge in [-0.2, -0.15) is 13.2 Å². The van der Waals surface area contributed by atoms with Crippen LogP contribution >= 0.6 is 0 Å². The molecule has 1 saturated heterocycles. The molecule has 2 heterocycles. The molecular formula is C17H17F3N2. The molecule has 3 rings (SSSR count). The zero-order valence-corrected chi connectivity index (χ0v) is 12.0. The lowest BCUT2D eigenvalue weighted by atomic mass is 10.1. The second kappa shape index (κ2) is 6.08. The Labute approximate surface area is 127 Å². The second-order valence-electron chi connectivity index (χ2n) is 5.57. The normalized spacial score (nSPS) is 18.6. The lowest BCUT2D eigenvalue weighted by Gasteiger charge is -2.11. The van der Waals surface area contributed by atoms with Gasteiger partial charge in [-0.25, -0.2) is 0 Å². The molecular weight excluding hydrogens is 289 g/mol. The summed E-state index contributed by atoms with van der Waals surface area (Å²) in [6.45, 7) is 1.01. The minimum atomic E-state index is -4.29. The quantitative estimate of drug-likeness (QED) is 0.923. The van der Waals surface area contributed by atoms with Crippen LogP contribution in [-0.2, 0) is 12.6 Å². The van der Waals surface area contributed by atoms with Crippen molar-refractivity contribution < 1.29 is 13.2 Å². The Balaban J connectivity index is 1.74. The predicted molar refractivity (Wildman–Crippen MR) is 78.5 cm³/mol. The molecule has 1 fully saturated rings. The lowest BCUT2D eigenvalue weighted by Crippen LogP contribution is -2.14. The van der Waals surface area contributed by atoms with E-state index in [1.54, 1.807) is 0 Å². The van der Waals surface area contributed by atoms with Crippen LogP contribution in [0.1, 0.15) is 41.4 Å². The number of hydrogen-bond donors (Lipinski definition) is 1. The zero-order chi connectivity index (χ0) is 15.6. The van der Waals surface area contributed by atoms with Crippen LogP contribution < -0.4 is 5.32 Å². The Hall–Kier alpha value is -1.88. The molecule has 0 aliphatic carbocycles. The van der Waals surface area contributed by atoms with Crippen LogP contribution in [0, 0.1) is 0 Å². The second-order valence-corrected chi connectivity index (χ2v) is 5.57. The van der Waals surface area contributed by atoms with E-state index >= 15 is 0 Å². The van der Waals surface area contributed by atoms with E-state index in [2.05, 4.69) is 10.3 Å². The molecule has 0 amide bonds. The summed E-state index contributed by atoms with van der Waals surface area (Å²) in [5, 5.41) is 3.40. The van der Waals surface area contributed by atoms with Crippen LogP contribution in [-0.4, -0.2) is 11.5 Å². The van der Waals surface area contributed by atoms with Gasteiger partial charge in [-0.1, -0.05) is 18.2 Å². The highest BCUT2D eigenvalue weighted by atomic mass is 19.4. The van der Waals surface area contributed by atoms with Gasteiger partial charge in [0.05, 0.1) is 11.3 Å². The van der Waals surface area contributed by atoms with Crippen molar-refractivity contribution >= 4 is 0 Å². The van der Waals surface area contributed by atoms with E-state index in [0.717, 1.165) is 48.5 Å². The number of halogens is 3. The van der Waals surface area contributed by atoms with Gasteiger partial charge in [0.1, 0.15) is 0 Å². The first kappa shape index (κ1) is 15.0. The fourth-order valence-electron chi connectivity index (χ4n) is 2.75. The number of hydrogen-bond acceptors (Lipinski definition) is 2. The number of benzene rings is 1. The first-order valence-electron chi connectivity index (χ1n) is 7.38. The van der Waals surface area contributed by atoms with E-state index in [-0.39, 0.29) is 0 Å². The third-order valence-corrected chi connectivity index (χ3v) is 3.91. The Kier molecular flexibility index (Phi) is 4.16. The summed E-state index contributed by atoms with van der Waals surface area (Å²) in [4.78, 5) is 4.64. The Morgan fingerprint density at radius 1 is 1.09 bits per heavy atom. The van der Waals surface area contributed by atoms with Gasteiger partial charge in [0.15, 0.2) is 0 Å². The molecule has 1 atom stereocenters. The van der Waals surface area contributed by atoms with Crippen LogP contribution in [0.4, 0.5) is 13.2 Å². The fraction of sp³-hybridized carbons (Fsp3) is 0.353. The summed E-state index contributed by atoms with van der Waals surface area (Å²) in [5.74, 6) is 0. The van der Waals surface area contributed by atoms with Gasteiger partial charge in [-0.15, -0.1) is 0 Å². The Morgan fingerprint density at radius 3 is 2.50 bits per heavy atom. The summed E-state index contributed by atoms with van der Waals surface area (Å²) in [6, 6.07) is 11.5. The van der Waals surface area contributed by atoms with Gasteiger partial charge in [0, 0.05) is 18.2 Å². The molecule has 1 aromatic carbocycles. The fourth-order valence-corrected chi connectivity index (χ4v) is 2.75. The van der Waals surface area contributed by atoms with Gasteiger partial charge in [0.25, 0.3) is 0 Å². The van der Waals surface area contributed by atoms with Crippen molar-refractivity contribution in [2.24, 2.45) is 0 Å². The smallest absolute Gasteiger partial charge is 0.309 e. The molecule has 116 valence electrons. The van der Waals surface area contributed by atoms with Gasteiger partial charge >= 0.3 is 6.18 Å². The lowest BCUT2D eigenvalue weighted by molar-refractivity contribution is -0.137. The SMILES string of the molecule is FC(F)(F)c1ccc(Cc2cccc([C@H]3CCCN3)n2)cc1. The van der Waals surface area contributed by atoms with Crippen LogP contribution in [0.15, 0.2) is 42.5 Å². The Bertz CT molecular complexity index is 629. The zero-order valence-electron chi connectivity index (χ0n) is 12.0. The number of nitrogens with zero attached hydrogens (tertiary/aromatic N) is 1. The Morgan fingerprint density at radius 2 is 1.86 bits per heavy atom. The van der Waals surface area contributed by atoms with Crippen molar-refractivity contribution in [1.82, 2.24) is 10.3 Å². The van der Waals surface area contributed by atoms with Crippen molar-refractivity contribution in [1.29, 1.82) is 0 Å². The van der Waals surface area contributed by atoms with Crippen molar-refractivity contribution in [2.75, 3.05) is 6.54 Å². The molecule has 22 heavy (non-hydrogen) atoms. The van der Waals surface area contributed by atoms with E-state index in [4.69, 9.17) is 0 Å². The van der Waals surface area contributed by atoms with Crippen molar-refractivity contribution in [3.05, 3.63) is 65.0 Å². The maximum Gasteiger partial charge on any atom is 0.416 e. The highest BCUT2D eigenvalue weighted by molar-refractivity contribution is 5.28. The number of nitrogens with one attached hydrogen (secondary N) is 1. The van der Waals surface area contributed by atoms with Crippen LogP contribution in [0.25, 0.3) is 0 Å². The van der Waals surface area contributed by atoms with E-state index in [1.165, 1.54) is 12.1 Å². The molecule has 0 saturated carbocycles. The minimum Gasteiger partial charge on any atom is -0.309 e. The van der Waals surface area contributed by atoms with E-state index in [1.807, 2.05) is 18.2 Å². The predicted octanol–water partition coefficient (Wildman–Crippen LogP) is 4.12. The molecule has 0 bridgehead atoms. The van der Waals surface area contributed by atoms with Crippen molar-refractivity contribution in [3.8, 4) is 0 Å². The van der Waals surface area contributed by atoms with Crippen LogP contribution in [0.5, 0.6) is 0 Å². The molecule has 0 unspecified atom stereocenters. The standard InChI is InChI=1S/C17H17F3N2/c18-17(19,20)13-8-6-12(7-9-13)11-14-3-1-4-16(22-14)15-5-2-10-21-15/h1,3-4,6-9,15,21H,2,5,10-11H2/t15-/m1/s1. The maximum absolute atomic E-state index is 12.6. The first-order chi connectivity index (χ1) is 10.5. The summed E-state index contributed by atoms with van der Waals surface area (Å²) in [7, 11) is 0. The van der Waals surface area contributed by atoms with E-state index in [9.17, 15) is 13.2 Å². The van der Waals surface area contributed by atoms with Crippen LogP contribution in [0.3, 0.4) is 0 Å². The molecule has 1 aliphatic heterocycles. The molecule has 1 N–H and O–H groups in total. The van der Waals surface area contributed by atoms with Gasteiger partial charge < -0.3 is 5.32 Å². The number of alkyl halides is 3. The highest BCUT2D eigenvalue weighted by Crippen LogP contribution is 2.29. The molecule has 1 aliphatic rings. The van der Waals surface area contributed by atoms with Gasteiger partial charge in [-0.3, -0.25) is 4.98 Å². The average molecular weight is 306 g/mol. The largest absolute Gasteiger partial charge is 0.416 e. The summed E-state index contributed by atoms with van der Waals surface area (Å²) in [6.07, 6.45) is -1.52. The topological polar surface area (TPSA) is 24.9 Å². The van der Waals surface area contributed by atoms with Crippen LogP contribution in [0.2, 0.25) is 0 Å². The minimum absolute atomic E-state index is 0.299. The maximum atomic E-state index is 12.6. The van der Waals surface area contributed by atoms with E-state index in [0.29, 0.717) is 12.5 Å². The average Bonchev–Trinajstić information content (AvgIpc) is 3.01. The molecule has 1 aromatic heterocycles. The van der Waals surface area contributed by atoms with Crippen molar-refractivity contribution in [3.63, 3.8) is 0 Å². The molecule has 0 radical (unpaired) electrons. The van der Waals surface area contributed by atoms with Gasteiger partial charge in [0.2, 0.25) is 0 Å². The number of pyridine rings is 1. The van der Waals surface area contributed by atoms with Gasteiger partial charge in [-0.05, 0) is 49.2 Å². The van der Waals surface area contributed by atoms with Crippen molar-refractivity contribution in [2.45, 2.75) is 31.5 Å². The summed E-state index contributed by atoms with van der Waals surface area (Å²) in [5.41, 5.74) is 2.11. The third-order valence-electron chi connectivity index (χ3n) is 3.91. The first-order valence-corrected chi connectivity index (χ1v) is 7.38. The monoisotopic (exact) mass is 306 g/mol. The highest BCUT2D eigenvalue weighted by Gasteiger charge is 2.29. The van der Waals surface area contributed by atoms with E-state index < -0.39 is 11.7 Å². The number of aromatic nitrogens is 1. The third kappa shape index (κ3) is 3.47. The molecule has 2 aromatic rings. The number of rotatable bonds is 3. The molecule has 2 nitrogen and oxygen atoms in total. The summed E-state index contributed by atoms with van der Waals surface area (Å²) < 4.78 is 37.7.